The van der Waals surface area contributed by atoms with Crippen LogP contribution in [0, 0.1) is 0 Å². The zero-order chi connectivity index (χ0) is 6.62. The lowest BCUT2D eigenvalue weighted by Crippen LogP contribution is -1.87. The van der Waals surface area contributed by atoms with Crippen molar-refractivity contribution in [2.24, 2.45) is 5.50 Å². The van der Waals surface area contributed by atoms with Gasteiger partial charge in [0, 0.05) is 5.75 Å². The van der Waals surface area contributed by atoms with E-state index in [4.69, 9.17) is 10.4 Å². The summed E-state index contributed by atoms with van der Waals surface area (Å²) in [6.07, 6.45) is 0.881. The van der Waals surface area contributed by atoms with E-state index in [0.717, 1.165) is 17.8 Å². The molecule has 0 aliphatic rings. The molecular formula is C3H10NO2PS. The predicted molar refractivity (Wildman–Crippen MR) is 36.8 cm³/mol. The van der Waals surface area contributed by atoms with Crippen LogP contribution in [0.1, 0.15) is 13.3 Å². The van der Waals surface area contributed by atoms with Crippen LogP contribution in [-0.4, -0.2) is 10.6 Å². The molecule has 0 saturated carbocycles. The van der Waals surface area contributed by atoms with Gasteiger partial charge >= 0.3 is 6.72 Å². The summed E-state index contributed by atoms with van der Waals surface area (Å²) < 4.78 is 10.3. The first-order valence-corrected chi connectivity index (χ1v) is 5.64. The lowest BCUT2D eigenvalue weighted by molar-refractivity contribution is 0.498. The van der Waals surface area contributed by atoms with E-state index < -0.39 is 6.72 Å². The molecule has 50 valence electrons. The summed E-state index contributed by atoms with van der Waals surface area (Å²) in [6, 6.07) is 0. The van der Waals surface area contributed by atoms with Crippen LogP contribution >= 0.6 is 18.1 Å². The monoisotopic (exact) mass is 155 g/mol. The molecule has 0 radical (unpaired) electrons. The third-order valence-electron chi connectivity index (χ3n) is 0.480. The Kier molecular flexibility index (Phi) is 3.73. The zero-order valence-corrected chi connectivity index (χ0v) is 6.41. The molecule has 0 aromatic heterocycles. The van der Waals surface area contributed by atoms with E-state index >= 15 is 0 Å². The summed E-state index contributed by atoms with van der Waals surface area (Å²) >= 11 is 0.922. The third kappa shape index (κ3) is 6.50. The van der Waals surface area contributed by atoms with Crippen molar-refractivity contribution in [1.29, 1.82) is 0 Å². The molecule has 0 aliphatic carbocycles. The molecule has 3 N–H and O–H groups in total. The van der Waals surface area contributed by atoms with Crippen LogP contribution in [0.3, 0.4) is 0 Å². The van der Waals surface area contributed by atoms with Crippen molar-refractivity contribution < 1.29 is 9.46 Å². The van der Waals surface area contributed by atoms with Gasteiger partial charge in [-0.1, -0.05) is 18.3 Å². The molecular weight excluding hydrogens is 145 g/mol. The van der Waals surface area contributed by atoms with Crippen LogP contribution < -0.4 is 5.50 Å². The molecule has 8 heavy (non-hydrogen) atoms. The maximum Gasteiger partial charge on any atom is 0.321 e. The minimum Gasteiger partial charge on any atom is -0.326 e. The van der Waals surface area contributed by atoms with Crippen molar-refractivity contribution in [3.05, 3.63) is 0 Å². The fourth-order valence-electron chi connectivity index (χ4n) is 0.222. The Balaban J connectivity index is 3.26. The van der Waals surface area contributed by atoms with E-state index in [1.54, 1.807) is 0 Å². The first kappa shape index (κ1) is 8.50. The van der Waals surface area contributed by atoms with E-state index in [9.17, 15) is 4.57 Å². The maximum atomic E-state index is 10.3. The van der Waals surface area contributed by atoms with Gasteiger partial charge in [0.15, 0.2) is 0 Å². The van der Waals surface area contributed by atoms with Crippen LogP contribution in [-0.2, 0) is 4.57 Å². The smallest absolute Gasteiger partial charge is 0.321 e. The fraction of sp³-hybridized carbons (Fsp3) is 1.00. The second-order valence-electron chi connectivity index (χ2n) is 1.40. The van der Waals surface area contributed by atoms with E-state index in [0.29, 0.717) is 5.75 Å². The van der Waals surface area contributed by atoms with Gasteiger partial charge in [0.25, 0.3) is 0 Å². The molecule has 0 aromatic rings. The van der Waals surface area contributed by atoms with Crippen LogP contribution in [0.15, 0.2) is 0 Å². The molecule has 3 nitrogen and oxygen atoms in total. The molecule has 0 heterocycles. The van der Waals surface area contributed by atoms with Gasteiger partial charge in [-0.25, -0.2) is 0 Å². The molecule has 0 amide bonds. The highest BCUT2D eigenvalue weighted by Gasteiger charge is 2.08. The Morgan fingerprint density at radius 1 is 1.88 bits per heavy atom. The Hall–Kier alpha value is 0.500. The van der Waals surface area contributed by atoms with Gasteiger partial charge in [-0.15, -0.1) is 0 Å². The molecule has 0 fully saturated rings. The molecule has 1 unspecified atom stereocenters. The van der Waals surface area contributed by atoms with Gasteiger partial charge in [0.2, 0.25) is 0 Å². The van der Waals surface area contributed by atoms with Gasteiger partial charge in [0.05, 0.1) is 0 Å². The van der Waals surface area contributed by atoms with Crippen molar-refractivity contribution in [2.75, 3.05) is 5.75 Å². The summed E-state index contributed by atoms with van der Waals surface area (Å²) in [4.78, 5) is 8.45. The zero-order valence-electron chi connectivity index (χ0n) is 4.70. The number of rotatable bonds is 3. The van der Waals surface area contributed by atoms with E-state index in [-0.39, 0.29) is 0 Å². The van der Waals surface area contributed by atoms with Gasteiger partial charge in [-0.2, -0.15) is 0 Å². The Labute approximate surface area is 52.9 Å². The minimum absolute atomic E-state index is 0.657. The number of hydrogen-bond donors (Lipinski definition) is 2. The van der Waals surface area contributed by atoms with E-state index in [1.807, 2.05) is 6.92 Å². The van der Waals surface area contributed by atoms with Crippen LogP contribution in [0.4, 0.5) is 0 Å². The first-order chi connectivity index (χ1) is 3.56. The first-order valence-electron chi connectivity index (χ1n) is 2.32. The van der Waals surface area contributed by atoms with Crippen molar-refractivity contribution >= 4 is 18.1 Å². The lowest BCUT2D eigenvalue weighted by Gasteiger charge is -1.99. The average Bonchev–Trinajstić information content (AvgIpc) is 1.59. The Bertz CT molecular complexity index is 101. The molecule has 5 heteroatoms. The lowest BCUT2D eigenvalue weighted by atomic mass is 10.6. The van der Waals surface area contributed by atoms with E-state index in [1.165, 1.54) is 0 Å². The molecule has 0 spiro atoms. The van der Waals surface area contributed by atoms with Crippen LogP contribution in [0.25, 0.3) is 0 Å². The summed E-state index contributed by atoms with van der Waals surface area (Å²) in [5.41, 5.74) is 4.80. The Morgan fingerprint density at radius 3 is 2.50 bits per heavy atom. The van der Waals surface area contributed by atoms with Gasteiger partial charge < -0.3 is 4.89 Å². The van der Waals surface area contributed by atoms with Gasteiger partial charge in [-0.05, 0) is 6.42 Å². The fourth-order valence-corrected chi connectivity index (χ4v) is 2.00. The van der Waals surface area contributed by atoms with Crippen molar-refractivity contribution in [3.63, 3.8) is 0 Å². The standard InChI is InChI=1S/C3H10NO2PS/c1-2-3-8-7(4,5)6/h2-3H2,1H3,(H3,4,5,6). The molecule has 1 atom stereocenters. The highest BCUT2D eigenvalue weighted by atomic mass is 32.7. The quantitative estimate of drug-likeness (QED) is 0.601. The molecule has 0 aromatic carbocycles. The van der Waals surface area contributed by atoms with Crippen LogP contribution in [0.5, 0.6) is 0 Å². The number of nitrogens with two attached hydrogens (primary N) is 1. The molecule has 0 rings (SSSR count). The summed E-state index contributed by atoms with van der Waals surface area (Å²) in [5, 5.41) is 0. The van der Waals surface area contributed by atoms with Crippen molar-refractivity contribution in [3.8, 4) is 0 Å². The minimum atomic E-state index is -3.27. The predicted octanol–water partition coefficient (Wildman–Crippen LogP) is 1.19. The average molecular weight is 155 g/mol. The summed E-state index contributed by atoms with van der Waals surface area (Å²) in [7, 11) is 0. The molecule has 0 bridgehead atoms. The van der Waals surface area contributed by atoms with Crippen molar-refractivity contribution in [2.45, 2.75) is 13.3 Å². The molecule has 0 aliphatic heterocycles. The number of hydrogen-bond acceptors (Lipinski definition) is 2. The third-order valence-corrected chi connectivity index (χ3v) is 3.10. The van der Waals surface area contributed by atoms with E-state index in [2.05, 4.69) is 0 Å². The van der Waals surface area contributed by atoms with Gasteiger partial charge in [-0.3, -0.25) is 10.1 Å². The largest absolute Gasteiger partial charge is 0.326 e. The molecule has 0 saturated heterocycles. The SMILES string of the molecule is CCCSP(N)(=O)O. The van der Waals surface area contributed by atoms with Crippen molar-refractivity contribution in [1.82, 2.24) is 0 Å². The highest BCUT2D eigenvalue weighted by Crippen LogP contribution is 2.46. The summed E-state index contributed by atoms with van der Waals surface area (Å²) in [6.45, 7) is -1.33. The maximum absolute atomic E-state index is 10.3. The second-order valence-corrected chi connectivity index (χ2v) is 5.54. The van der Waals surface area contributed by atoms with Crippen LogP contribution in [0.2, 0.25) is 0 Å². The normalized spacial score (nSPS) is 17.9. The highest BCUT2D eigenvalue weighted by molar-refractivity contribution is 8.55. The second kappa shape index (κ2) is 3.51. The Morgan fingerprint density at radius 2 is 2.38 bits per heavy atom. The van der Waals surface area contributed by atoms with Gasteiger partial charge in [0.1, 0.15) is 0 Å². The topological polar surface area (TPSA) is 63.3 Å². The summed E-state index contributed by atoms with van der Waals surface area (Å²) in [5.74, 6) is 0.657.